The van der Waals surface area contributed by atoms with Gasteiger partial charge in [0, 0.05) is 12.7 Å². The Morgan fingerprint density at radius 3 is 3.06 bits per heavy atom. The van der Waals surface area contributed by atoms with Crippen molar-refractivity contribution < 1.29 is 0 Å². The lowest BCUT2D eigenvalue weighted by atomic mass is 10.2. The van der Waals surface area contributed by atoms with Gasteiger partial charge in [-0.3, -0.25) is 0 Å². The van der Waals surface area contributed by atoms with E-state index in [1.165, 1.54) is 11.7 Å². The predicted octanol–water partition coefficient (Wildman–Crippen LogP) is 2.25. The SMILES string of the molecule is CNCc1ccn(-c2c(Cl)ccc3nsnc23)n1. The zero-order valence-electron chi connectivity index (χ0n) is 9.59. The Hall–Kier alpha value is -1.50. The lowest BCUT2D eigenvalue weighted by molar-refractivity contribution is 0.758. The first-order valence-corrected chi connectivity index (χ1v) is 6.50. The van der Waals surface area contributed by atoms with E-state index in [1.54, 1.807) is 4.68 Å². The predicted molar refractivity (Wildman–Crippen MR) is 72.3 cm³/mol. The molecule has 0 fully saturated rings. The van der Waals surface area contributed by atoms with Crippen molar-refractivity contribution in [2.24, 2.45) is 0 Å². The van der Waals surface area contributed by atoms with Gasteiger partial charge in [-0.25, -0.2) is 4.68 Å². The Balaban J connectivity index is 2.17. The van der Waals surface area contributed by atoms with Gasteiger partial charge in [0.15, 0.2) is 0 Å². The molecule has 18 heavy (non-hydrogen) atoms. The zero-order chi connectivity index (χ0) is 12.5. The van der Waals surface area contributed by atoms with Crippen LogP contribution in [0.15, 0.2) is 24.4 Å². The molecule has 0 amide bonds. The highest BCUT2D eigenvalue weighted by Crippen LogP contribution is 2.27. The van der Waals surface area contributed by atoms with Gasteiger partial charge in [0.2, 0.25) is 0 Å². The maximum atomic E-state index is 6.24. The van der Waals surface area contributed by atoms with E-state index < -0.39 is 0 Å². The minimum absolute atomic E-state index is 0.620. The maximum absolute atomic E-state index is 6.24. The van der Waals surface area contributed by atoms with Crippen LogP contribution >= 0.6 is 23.3 Å². The fourth-order valence-corrected chi connectivity index (χ4v) is 2.57. The van der Waals surface area contributed by atoms with Gasteiger partial charge in [-0.05, 0) is 25.2 Å². The molecule has 0 aliphatic carbocycles. The van der Waals surface area contributed by atoms with Gasteiger partial charge in [0.05, 0.1) is 22.4 Å². The number of aromatic nitrogens is 4. The average Bonchev–Trinajstić information content (AvgIpc) is 2.98. The van der Waals surface area contributed by atoms with Crippen LogP contribution in [0.2, 0.25) is 5.02 Å². The zero-order valence-corrected chi connectivity index (χ0v) is 11.2. The summed E-state index contributed by atoms with van der Waals surface area (Å²) >= 11 is 7.42. The third kappa shape index (κ3) is 1.88. The molecule has 92 valence electrons. The van der Waals surface area contributed by atoms with Gasteiger partial charge in [-0.15, -0.1) is 0 Å². The number of rotatable bonds is 3. The second kappa shape index (κ2) is 4.64. The van der Waals surface area contributed by atoms with E-state index in [0.717, 1.165) is 29.0 Å². The molecule has 0 bridgehead atoms. The van der Waals surface area contributed by atoms with Crippen molar-refractivity contribution in [2.45, 2.75) is 6.54 Å². The average molecular weight is 280 g/mol. The maximum Gasteiger partial charge on any atom is 0.131 e. The number of hydrogen-bond donors (Lipinski definition) is 1. The summed E-state index contributed by atoms with van der Waals surface area (Å²) in [5, 5.41) is 8.15. The molecule has 0 aliphatic rings. The van der Waals surface area contributed by atoms with Crippen molar-refractivity contribution >= 4 is 34.4 Å². The molecule has 1 aromatic carbocycles. The monoisotopic (exact) mass is 279 g/mol. The number of nitrogens with one attached hydrogen (secondary N) is 1. The topological polar surface area (TPSA) is 55.6 Å². The van der Waals surface area contributed by atoms with Crippen LogP contribution in [-0.4, -0.2) is 25.6 Å². The minimum atomic E-state index is 0.620. The van der Waals surface area contributed by atoms with Gasteiger partial charge < -0.3 is 5.32 Å². The second-order valence-corrected chi connectivity index (χ2v) is 4.75. The van der Waals surface area contributed by atoms with Crippen LogP contribution in [0.3, 0.4) is 0 Å². The van der Waals surface area contributed by atoms with Crippen LogP contribution in [0.25, 0.3) is 16.7 Å². The molecule has 7 heteroatoms. The molecule has 0 aliphatic heterocycles. The Kier molecular flexibility index (Phi) is 2.99. The van der Waals surface area contributed by atoms with Gasteiger partial charge >= 0.3 is 0 Å². The van der Waals surface area contributed by atoms with Gasteiger partial charge in [-0.1, -0.05) is 11.6 Å². The molecule has 0 atom stereocenters. The van der Waals surface area contributed by atoms with Crippen molar-refractivity contribution in [3.05, 3.63) is 35.1 Å². The molecule has 0 saturated carbocycles. The summed E-state index contributed by atoms with van der Waals surface area (Å²) in [7, 11) is 1.89. The Morgan fingerprint density at radius 1 is 1.33 bits per heavy atom. The largest absolute Gasteiger partial charge is 0.314 e. The van der Waals surface area contributed by atoms with E-state index in [2.05, 4.69) is 19.2 Å². The van der Waals surface area contributed by atoms with Gasteiger partial charge in [0.25, 0.3) is 0 Å². The van der Waals surface area contributed by atoms with E-state index in [0.29, 0.717) is 5.02 Å². The van der Waals surface area contributed by atoms with Crippen LogP contribution in [0, 0.1) is 0 Å². The van der Waals surface area contributed by atoms with Crippen molar-refractivity contribution in [3.63, 3.8) is 0 Å². The summed E-state index contributed by atoms with van der Waals surface area (Å²) in [6.07, 6.45) is 1.88. The van der Waals surface area contributed by atoms with Crippen LogP contribution in [0.5, 0.6) is 0 Å². The molecular formula is C11H10ClN5S. The summed E-state index contributed by atoms with van der Waals surface area (Å²) < 4.78 is 10.2. The lowest BCUT2D eigenvalue weighted by Gasteiger charge is -2.04. The Morgan fingerprint density at radius 2 is 2.22 bits per heavy atom. The van der Waals surface area contributed by atoms with Crippen molar-refractivity contribution in [3.8, 4) is 5.69 Å². The smallest absolute Gasteiger partial charge is 0.131 e. The normalized spacial score (nSPS) is 11.2. The van der Waals surface area contributed by atoms with E-state index in [-0.39, 0.29) is 0 Å². The third-order valence-electron chi connectivity index (χ3n) is 2.58. The summed E-state index contributed by atoms with van der Waals surface area (Å²) in [5.74, 6) is 0. The highest BCUT2D eigenvalue weighted by atomic mass is 35.5. The summed E-state index contributed by atoms with van der Waals surface area (Å²) in [5.41, 5.74) is 3.36. The standard InChI is InChI=1S/C11H10ClN5S/c1-13-6-7-4-5-17(14-7)11-8(12)2-3-9-10(11)16-18-15-9/h2-5,13H,6H2,1H3. The van der Waals surface area contributed by atoms with E-state index in [1.807, 2.05) is 31.4 Å². The van der Waals surface area contributed by atoms with Crippen LogP contribution in [0.4, 0.5) is 0 Å². The van der Waals surface area contributed by atoms with Crippen molar-refractivity contribution in [2.75, 3.05) is 7.05 Å². The molecule has 0 unspecified atom stereocenters. The van der Waals surface area contributed by atoms with Crippen LogP contribution in [0.1, 0.15) is 5.69 Å². The van der Waals surface area contributed by atoms with Crippen LogP contribution in [-0.2, 0) is 6.54 Å². The van der Waals surface area contributed by atoms with Gasteiger partial charge in [0.1, 0.15) is 16.7 Å². The molecule has 0 saturated heterocycles. The van der Waals surface area contributed by atoms with Crippen molar-refractivity contribution in [1.82, 2.24) is 23.8 Å². The second-order valence-electron chi connectivity index (χ2n) is 3.81. The molecule has 5 nitrogen and oxygen atoms in total. The molecule has 0 radical (unpaired) electrons. The summed E-state index contributed by atoms with van der Waals surface area (Å²) in [6, 6.07) is 5.63. The molecule has 3 aromatic rings. The number of benzene rings is 1. The molecule has 0 spiro atoms. The number of nitrogens with zero attached hydrogens (tertiary/aromatic N) is 4. The Labute approximate surface area is 113 Å². The quantitative estimate of drug-likeness (QED) is 0.799. The molecule has 2 heterocycles. The van der Waals surface area contributed by atoms with Crippen LogP contribution < -0.4 is 5.32 Å². The lowest BCUT2D eigenvalue weighted by Crippen LogP contribution is -2.06. The third-order valence-corrected chi connectivity index (χ3v) is 3.43. The molecule has 2 aromatic heterocycles. The highest BCUT2D eigenvalue weighted by Gasteiger charge is 2.12. The van der Waals surface area contributed by atoms with Crippen molar-refractivity contribution in [1.29, 1.82) is 0 Å². The van der Waals surface area contributed by atoms with E-state index in [4.69, 9.17) is 11.6 Å². The molecule has 3 rings (SSSR count). The van der Waals surface area contributed by atoms with E-state index in [9.17, 15) is 0 Å². The fourth-order valence-electron chi connectivity index (χ4n) is 1.79. The molecule has 1 N–H and O–H groups in total. The first-order chi connectivity index (χ1) is 8.79. The van der Waals surface area contributed by atoms with Gasteiger partial charge in [-0.2, -0.15) is 13.8 Å². The summed E-state index contributed by atoms with van der Waals surface area (Å²) in [4.78, 5) is 0. The Bertz CT molecular complexity index is 690. The summed E-state index contributed by atoms with van der Waals surface area (Å²) in [6.45, 7) is 0.718. The highest BCUT2D eigenvalue weighted by molar-refractivity contribution is 7.00. The number of fused-ring (bicyclic) bond motifs is 1. The fraction of sp³-hybridized carbons (Fsp3) is 0.182. The first kappa shape index (κ1) is 11.6. The number of halogens is 1. The number of hydrogen-bond acceptors (Lipinski definition) is 5. The van der Waals surface area contributed by atoms with E-state index >= 15 is 0 Å². The minimum Gasteiger partial charge on any atom is -0.314 e. The molecular weight excluding hydrogens is 270 g/mol. The first-order valence-electron chi connectivity index (χ1n) is 5.40.